The van der Waals surface area contributed by atoms with Gasteiger partial charge in [-0.2, -0.15) is 0 Å². The maximum atomic E-state index is 5.99. The maximum absolute atomic E-state index is 5.99. The van der Waals surface area contributed by atoms with Crippen LogP contribution >= 0.6 is 0 Å². The molecule has 3 aliphatic heterocycles. The molecule has 0 amide bonds. The predicted octanol–water partition coefficient (Wildman–Crippen LogP) is 2.32. The molecule has 2 saturated heterocycles. The average Bonchev–Trinajstić information content (AvgIpc) is 3.31. The van der Waals surface area contributed by atoms with Gasteiger partial charge in [0.15, 0.2) is 11.5 Å². The molecule has 5 rings (SSSR count). The van der Waals surface area contributed by atoms with Crippen molar-refractivity contribution < 1.29 is 18.6 Å². The summed E-state index contributed by atoms with van der Waals surface area (Å²) in [6.07, 6.45) is 2.53. The Balaban J connectivity index is 1.44. The van der Waals surface area contributed by atoms with Gasteiger partial charge in [-0.1, -0.05) is 0 Å². The lowest BCUT2D eigenvalue weighted by Crippen LogP contribution is -2.51. The minimum atomic E-state index is 0.205. The molecule has 26 heavy (non-hydrogen) atoms. The summed E-state index contributed by atoms with van der Waals surface area (Å²) in [7, 11) is 1.62. The molecule has 138 valence electrons. The third kappa shape index (κ3) is 2.54. The fraction of sp³-hybridized carbons (Fsp3) is 0.526. The lowest BCUT2D eigenvalue weighted by molar-refractivity contribution is 0.143. The van der Waals surface area contributed by atoms with Gasteiger partial charge in [0.1, 0.15) is 5.76 Å². The van der Waals surface area contributed by atoms with E-state index < -0.39 is 0 Å². The number of hydrogen-bond donors (Lipinski definition) is 1. The van der Waals surface area contributed by atoms with Gasteiger partial charge in [0, 0.05) is 37.3 Å². The summed E-state index contributed by atoms with van der Waals surface area (Å²) in [5.74, 6) is 3.40. The Labute approximate surface area is 152 Å². The highest BCUT2D eigenvalue weighted by molar-refractivity contribution is 5.66. The Morgan fingerprint density at radius 3 is 2.81 bits per heavy atom. The van der Waals surface area contributed by atoms with Gasteiger partial charge in [-0.3, -0.25) is 4.90 Å². The zero-order valence-electron chi connectivity index (χ0n) is 15.1. The van der Waals surface area contributed by atoms with Crippen LogP contribution in [0.4, 0.5) is 0 Å². The molecule has 2 aromatic rings. The smallest absolute Gasteiger partial charge is 0.231 e. The number of aromatic nitrogens is 1. The number of aryl methyl sites for hydroxylation is 1. The number of methoxy groups -OCH3 is 1. The molecule has 2 fully saturated rings. The summed E-state index contributed by atoms with van der Waals surface area (Å²) < 4.78 is 22.4. The fourth-order valence-electron chi connectivity index (χ4n) is 4.25. The lowest BCUT2D eigenvalue weighted by Gasteiger charge is -2.34. The number of piperazine rings is 1. The molecule has 3 aliphatic rings. The summed E-state index contributed by atoms with van der Waals surface area (Å²) in [5.41, 5.74) is 1.85. The predicted molar refractivity (Wildman–Crippen MR) is 94.6 cm³/mol. The minimum Gasteiger partial charge on any atom is -0.493 e. The van der Waals surface area contributed by atoms with Crippen molar-refractivity contribution in [2.24, 2.45) is 0 Å². The molecule has 2 bridgehead atoms. The van der Waals surface area contributed by atoms with Gasteiger partial charge in [-0.25, -0.2) is 4.98 Å². The van der Waals surface area contributed by atoms with Crippen LogP contribution in [0.15, 0.2) is 16.5 Å². The zero-order chi connectivity index (χ0) is 17.7. The van der Waals surface area contributed by atoms with Gasteiger partial charge in [0.05, 0.1) is 12.8 Å². The first kappa shape index (κ1) is 16.0. The van der Waals surface area contributed by atoms with Gasteiger partial charge < -0.3 is 23.9 Å². The van der Waals surface area contributed by atoms with Gasteiger partial charge in [0.2, 0.25) is 18.4 Å². The van der Waals surface area contributed by atoms with Gasteiger partial charge in [-0.05, 0) is 31.9 Å². The van der Waals surface area contributed by atoms with E-state index in [1.807, 2.05) is 19.1 Å². The summed E-state index contributed by atoms with van der Waals surface area (Å²) in [5, 5.41) is 3.52. The van der Waals surface area contributed by atoms with Crippen molar-refractivity contribution in [3.8, 4) is 28.7 Å². The zero-order valence-corrected chi connectivity index (χ0v) is 15.1. The molecule has 1 aromatic carbocycles. The van der Waals surface area contributed by atoms with Crippen molar-refractivity contribution in [2.75, 3.05) is 27.0 Å². The van der Waals surface area contributed by atoms with E-state index >= 15 is 0 Å². The molecule has 0 radical (unpaired) electrons. The topological polar surface area (TPSA) is 69.0 Å². The maximum Gasteiger partial charge on any atom is 0.231 e. The lowest BCUT2D eigenvalue weighted by atomic mass is 10.2. The van der Waals surface area contributed by atoms with Crippen LogP contribution < -0.4 is 19.5 Å². The van der Waals surface area contributed by atoms with Gasteiger partial charge in [-0.15, -0.1) is 0 Å². The van der Waals surface area contributed by atoms with E-state index in [0.29, 0.717) is 35.2 Å². The summed E-state index contributed by atoms with van der Waals surface area (Å²) in [4.78, 5) is 7.37. The molecule has 7 nitrogen and oxygen atoms in total. The van der Waals surface area contributed by atoms with Crippen molar-refractivity contribution >= 4 is 0 Å². The van der Waals surface area contributed by atoms with E-state index in [-0.39, 0.29) is 6.79 Å². The molecular weight excluding hydrogens is 334 g/mol. The van der Waals surface area contributed by atoms with Crippen molar-refractivity contribution in [3.63, 3.8) is 0 Å². The SMILES string of the molecule is COc1cc(-c2nc(CN3[C@@H]4CC[C@H]3CNC4)c(C)o2)cc2c1OCO2. The normalized spacial score (nSPS) is 24.2. The van der Waals surface area contributed by atoms with Crippen LogP contribution in [-0.2, 0) is 6.54 Å². The van der Waals surface area contributed by atoms with E-state index in [1.165, 1.54) is 12.8 Å². The van der Waals surface area contributed by atoms with Crippen molar-refractivity contribution in [2.45, 2.75) is 38.4 Å². The number of ether oxygens (including phenoxy) is 3. The molecule has 0 unspecified atom stereocenters. The largest absolute Gasteiger partial charge is 0.493 e. The quantitative estimate of drug-likeness (QED) is 0.900. The second-order valence-electron chi connectivity index (χ2n) is 7.15. The fourth-order valence-corrected chi connectivity index (χ4v) is 4.25. The van der Waals surface area contributed by atoms with E-state index in [2.05, 4.69) is 10.2 Å². The first-order chi connectivity index (χ1) is 12.7. The Morgan fingerprint density at radius 1 is 1.23 bits per heavy atom. The molecule has 1 N–H and O–H groups in total. The van der Waals surface area contributed by atoms with Crippen molar-refractivity contribution in [3.05, 3.63) is 23.6 Å². The summed E-state index contributed by atoms with van der Waals surface area (Å²) in [6.45, 7) is 5.17. The molecule has 2 atom stereocenters. The van der Waals surface area contributed by atoms with Crippen LogP contribution in [0.2, 0.25) is 0 Å². The van der Waals surface area contributed by atoms with E-state index in [4.69, 9.17) is 23.6 Å². The van der Waals surface area contributed by atoms with Gasteiger partial charge in [0.25, 0.3) is 0 Å². The number of benzene rings is 1. The molecule has 0 spiro atoms. The molecule has 4 heterocycles. The number of fused-ring (bicyclic) bond motifs is 3. The molecule has 7 heteroatoms. The third-order valence-corrected chi connectivity index (χ3v) is 5.66. The molecule has 0 saturated carbocycles. The Kier molecular flexibility index (Phi) is 3.79. The third-order valence-electron chi connectivity index (χ3n) is 5.66. The van der Waals surface area contributed by atoms with E-state index in [9.17, 15) is 0 Å². The first-order valence-electron chi connectivity index (χ1n) is 9.13. The van der Waals surface area contributed by atoms with Crippen LogP contribution in [0.5, 0.6) is 17.2 Å². The number of rotatable bonds is 4. The van der Waals surface area contributed by atoms with Crippen molar-refractivity contribution in [1.82, 2.24) is 15.2 Å². The van der Waals surface area contributed by atoms with Crippen LogP contribution in [0.25, 0.3) is 11.5 Å². The number of hydrogen-bond acceptors (Lipinski definition) is 7. The molecule has 0 aliphatic carbocycles. The Bertz CT molecular complexity index is 818. The minimum absolute atomic E-state index is 0.205. The van der Waals surface area contributed by atoms with Crippen LogP contribution in [0, 0.1) is 6.92 Å². The summed E-state index contributed by atoms with van der Waals surface area (Å²) >= 11 is 0. The monoisotopic (exact) mass is 357 g/mol. The molecule has 1 aromatic heterocycles. The van der Waals surface area contributed by atoms with E-state index in [1.54, 1.807) is 7.11 Å². The number of oxazole rings is 1. The second-order valence-corrected chi connectivity index (χ2v) is 7.15. The Morgan fingerprint density at radius 2 is 2.04 bits per heavy atom. The van der Waals surface area contributed by atoms with Crippen LogP contribution in [0.1, 0.15) is 24.3 Å². The number of nitrogens with one attached hydrogen (secondary N) is 1. The molecular formula is C19H23N3O4. The second kappa shape index (κ2) is 6.17. The highest BCUT2D eigenvalue weighted by atomic mass is 16.7. The highest BCUT2D eigenvalue weighted by Gasteiger charge is 2.37. The van der Waals surface area contributed by atoms with Crippen molar-refractivity contribution in [1.29, 1.82) is 0 Å². The Hall–Kier alpha value is -2.25. The number of nitrogens with zero attached hydrogens (tertiary/aromatic N) is 2. The van der Waals surface area contributed by atoms with Crippen LogP contribution in [0.3, 0.4) is 0 Å². The summed E-state index contributed by atoms with van der Waals surface area (Å²) in [6, 6.07) is 5.00. The van der Waals surface area contributed by atoms with Crippen LogP contribution in [-0.4, -0.2) is 49.0 Å². The average molecular weight is 357 g/mol. The van der Waals surface area contributed by atoms with E-state index in [0.717, 1.165) is 36.7 Å². The highest BCUT2D eigenvalue weighted by Crippen LogP contribution is 2.44. The van der Waals surface area contributed by atoms with Gasteiger partial charge >= 0.3 is 0 Å². The standard InChI is InChI=1S/C19H23N3O4/c1-11-15(9-22-13-3-4-14(22)8-20-7-13)21-19(26-11)12-5-16(23-2)18-17(6-12)24-10-25-18/h5-6,13-14,20H,3-4,7-10H2,1-2H3/t13-,14+. The first-order valence-corrected chi connectivity index (χ1v) is 9.13.